The number of ether oxygens (including phenoxy) is 2. The number of benzene rings is 1. The Balaban J connectivity index is 1.79. The van der Waals surface area contributed by atoms with Gasteiger partial charge in [-0.15, -0.1) is 0 Å². The Morgan fingerprint density at radius 3 is 2.56 bits per heavy atom. The van der Waals surface area contributed by atoms with E-state index in [2.05, 4.69) is 10.1 Å². The third-order valence-electron chi connectivity index (χ3n) is 4.23. The van der Waals surface area contributed by atoms with Crippen molar-refractivity contribution in [2.75, 3.05) is 7.11 Å². The van der Waals surface area contributed by atoms with Crippen LogP contribution in [0, 0.1) is 6.92 Å². The quantitative estimate of drug-likeness (QED) is 0.406. The molecule has 0 radical (unpaired) electrons. The third-order valence-corrected chi connectivity index (χ3v) is 4.23. The Bertz CT molecular complexity index is 1110. The van der Waals surface area contributed by atoms with Crippen molar-refractivity contribution < 1.29 is 18.7 Å². The molecule has 3 aromatic heterocycles. The number of hydrogen-bond acceptors (Lipinski definition) is 6. The molecule has 4 aromatic rings. The number of aryl methyl sites for hydroxylation is 2. The third kappa shape index (κ3) is 3.03. The highest BCUT2D eigenvalue weighted by atomic mass is 16.5. The number of pyridine rings is 1. The summed E-state index contributed by atoms with van der Waals surface area (Å²) in [7, 11) is 3.36. The summed E-state index contributed by atoms with van der Waals surface area (Å²) in [6.45, 7) is 1.83. The summed E-state index contributed by atoms with van der Waals surface area (Å²) in [5.74, 6) is 1.18. The summed E-state index contributed by atoms with van der Waals surface area (Å²) in [5.41, 5.74) is 2.21. The van der Waals surface area contributed by atoms with Crippen LogP contribution in [-0.2, 0) is 7.05 Å². The summed E-state index contributed by atoms with van der Waals surface area (Å²) in [6.07, 6.45) is 1.56. The number of nitrogens with zero attached hydrogens (tertiary/aromatic N) is 3. The van der Waals surface area contributed by atoms with Gasteiger partial charge in [-0.05, 0) is 49.4 Å². The van der Waals surface area contributed by atoms with Crippen LogP contribution >= 0.6 is 0 Å². The van der Waals surface area contributed by atoms with Gasteiger partial charge in [-0.25, -0.2) is 9.78 Å². The van der Waals surface area contributed by atoms with Gasteiger partial charge in [0, 0.05) is 7.05 Å². The number of carbonyl (C=O) groups excluding carboxylic acids is 1. The molecule has 7 heteroatoms. The molecule has 0 unspecified atom stereocenters. The van der Waals surface area contributed by atoms with Crippen LogP contribution in [0.3, 0.4) is 0 Å². The fourth-order valence-electron chi connectivity index (χ4n) is 2.96. The van der Waals surface area contributed by atoms with Gasteiger partial charge < -0.3 is 13.9 Å². The lowest BCUT2D eigenvalue weighted by atomic mass is 10.1. The predicted molar refractivity (Wildman–Crippen MR) is 98.9 cm³/mol. The number of carbonyl (C=O) groups is 1. The first-order valence-corrected chi connectivity index (χ1v) is 8.31. The van der Waals surface area contributed by atoms with E-state index in [9.17, 15) is 4.79 Å². The lowest BCUT2D eigenvalue weighted by Crippen LogP contribution is -2.10. The zero-order valence-electron chi connectivity index (χ0n) is 15.1. The monoisotopic (exact) mass is 363 g/mol. The van der Waals surface area contributed by atoms with Gasteiger partial charge in [-0.3, -0.25) is 4.68 Å². The first kappa shape index (κ1) is 16.8. The second-order valence-electron chi connectivity index (χ2n) is 6.01. The Morgan fingerprint density at radius 1 is 1.15 bits per heavy atom. The maximum atomic E-state index is 12.9. The Hall–Kier alpha value is -3.61. The van der Waals surface area contributed by atoms with Crippen LogP contribution in [0.15, 0.2) is 53.1 Å². The highest BCUT2D eigenvalue weighted by Gasteiger charge is 2.21. The Labute approximate surface area is 155 Å². The number of rotatable bonds is 4. The summed E-state index contributed by atoms with van der Waals surface area (Å²) in [6, 6.07) is 12.0. The molecule has 0 aliphatic heterocycles. The summed E-state index contributed by atoms with van der Waals surface area (Å²) < 4.78 is 17.8. The van der Waals surface area contributed by atoms with Crippen LogP contribution in [0.5, 0.6) is 11.5 Å². The number of hydrogen-bond donors (Lipinski definition) is 0. The second-order valence-corrected chi connectivity index (χ2v) is 6.01. The minimum absolute atomic E-state index is 0.382. The molecular formula is C20H17N3O4. The minimum Gasteiger partial charge on any atom is -0.497 e. The van der Waals surface area contributed by atoms with Crippen LogP contribution in [0.1, 0.15) is 16.1 Å². The predicted octanol–water partition coefficient (Wildman–Crippen LogP) is 3.76. The molecule has 0 bridgehead atoms. The SMILES string of the molecule is COc1ccc(OC(=O)c2cc(-c3ccco3)nc3c2c(C)nn3C)cc1. The molecule has 0 fully saturated rings. The van der Waals surface area contributed by atoms with Crippen LogP contribution in [0.25, 0.3) is 22.5 Å². The Kier molecular flexibility index (Phi) is 4.12. The molecule has 7 nitrogen and oxygen atoms in total. The standard InChI is InChI=1S/C20H17N3O4/c1-12-18-15(20(24)27-14-8-6-13(25-3)7-9-14)11-16(17-5-4-10-26-17)21-19(18)23(2)22-12/h4-11H,1-3H3. The average molecular weight is 363 g/mol. The molecule has 0 atom stereocenters. The molecular weight excluding hydrogens is 346 g/mol. The fourth-order valence-corrected chi connectivity index (χ4v) is 2.96. The number of esters is 1. The molecule has 0 aliphatic carbocycles. The van der Waals surface area contributed by atoms with Crippen molar-refractivity contribution >= 4 is 17.0 Å². The van der Waals surface area contributed by atoms with E-state index in [4.69, 9.17) is 13.9 Å². The van der Waals surface area contributed by atoms with Crippen LogP contribution < -0.4 is 9.47 Å². The van der Waals surface area contributed by atoms with Crippen molar-refractivity contribution in [3.63, 3.8) is 0 Å². The highest BCUT2D eigenvalue weighted by Crippen LogP contribution is 2.28. The molecule has 3 heterocycles. The van der Waals surface area contributed by atoms with E-state index in [-0.39, 0.29) is 0 Å². The highest BCUT2D eigenvalue weighted by molar-refractivity contribution is 6.05. The second kappa shape index (κ2) is 6.60. The lowest BCUT2D eigenvalue weighted by molar-refractivity contribution is 0.0736. The van der Waals surface area contributed by atoms with Crippen molar-refractivity contribution in [1.29, 1.82) is 0 Å². The fraction of sp³-hybridized carbons (Fsp3) is 0.150. The average Bonchev–Trinajstić information content (AvgIpc) is 3.30. The zero-order valence-corrected chi connectivity index (χ0v) is 15.1. The molecule has 0 saturated carbocycles. The van der Waals surface area contributed by atoms with Crippen LogP contribution in [0.4, 0.5) is 0 Å². The Morgan fingerprint density at radius 2 is 1.89 bits per heavy atom. The van der Waals surface area contributed by atoms with Gasteiger partial charge in [0.1, 0.15) is 17.2 Å². The van der Waals surface area contributed by atoms with Crippen molar-refractivity contribution in [3.05, 3.63) is 60.0 Å². The summed E-state index contributed by atoms with van der Waals surface area (Å²) >= 11 is 0. The van der Waals surface area contributed by atoms with E-state index in [1.807, 2.05) is 6.92 Å². The van der Waals surface area contributed by atoms with Crippen molar-refractivity contribution in [2.24, 2.45) is 7.05 Å². The lowest BCUT2D eigenvalue weighted by Gasteiger charge is -2.08. The van der Waals surface area contributed by atoms with Crippen LogP contribution in [-0.4, -0.2) is 27.8 Å². The van der Waals surface area contributed by atoms with E-state index >= 15 is 0 Å². The molecule has 4 rings (SSSR count). The molecule has 0 spiro atoms. The van der Waals surface area contributed by atoms with Crippen LogP contribution in [0.2, 0.25) is 0 Å². The van der Waals surface area contributed by atoms with Gasteiger partial charge in [0.25, 0.3) is 0 Å². The maximum Gasteiger partial charge on any atom is 0.344 e. The molecule has 27 heavy (non-hydrogen) atoms. The molecule has 1 aromatic carbocycles. The maximum absolute atomic E-state index is 12.9. The van der Waals surface area contributed by atoms with Crippen molar-refractivity contribution in [3.8, 4) is 23.0 Å². The van der Waals surface area contributed by atoms with Gasteiger partial charge in [0.05, 0.1) is 30.0 Å². The van der Waals surface area contributed by atoms with E-state index < -0.39 is 5.97 Å². The van der Waals surface area contributed by atoms with Gasteiger partial charge in [0.15, 0.2) is 11.4 Å². The normalized spacial score (nSPS) is 10.9. The van der Waals surface area contributed by atoms with Gasteiger partial charge in [0.2, 0.25) is 0 Å². The van der Waals surface area contributed by atoms with Gasteiger partial charge in [-0.1, -0.05) is 0 Å². The smallest absolute Gasteiger partial charge is 0.344 e. The topological polar surface area (TPSA) is 79.4 Å². The van der Waals surface area contributed by atoms with Gasteiger partial charge in [-0.2, -0.15) is 5.10 Å². The molecule has 0 saturated heterocycles. The largest absolute Gasteiger partial charge is 0.497 e. The van der Waals surface area contributed by atoms with Crippen molar-refractivity contribution in [2.45, 2.75) is 6.92 Å². The van der Waals surface area contributed by atoms with Crippen molar-refractivity contribution in [1.82, 2.24) is 14.8 Å². The number of furan rings is 1. The minimum atomic E-state index is -0.489. The molecule has 0 aliphatic rings. The first-order valence-electron chi connectivity index (χ1n) is 8.31. The summed E-state index contributed by atoms with van der Waals surface area (Å²) in [5, 5.41) is 5.04. The van der Waals surface area contributed by atoms with Gasteiger partial charge >= 0.3 is 5.97 Å². The van der Waals surface area contributed by atoms with E-state index in [1.54, 1.807) is 67.6 Å². The number of aromatic nitrogens is 3. The molecule has 0 N–H and O–H groups in total. The van der Waals surface area contributed by atoms with E-state index in [0.717, 1.165) is 0 Å². The molecule has 0 amide bonds. The van der Waals surface area contributed by atoms with E-state index in [1.165, 1.54) is 0 Å². The zero-order chi connectivity index (χ0) is 19.0. The summed E-state index contributed by atoms with van der Waals surface area (Å²) in [4.78, 5) is 17.5. The van der Waals surface area contributed by atoms with E-state index in [0.29, 0.717) is 45.2 Å². The first-order chi connectivity index (χ1) is 13.1. The number of fused-ring (bicyclic) bond motifs is 1. The number of methoxy groups -OCH3 is 1. The molecule has 136 valence electrons.